The lowest BCUT2D eigenvalue weighted by atomic mass is 9.98. The number of carbonyl (C=O) groups is 1. The molecular weight excluding hydrogens is 264 g/mol. The number of para-hydroxylation sites is 1. The van der Waals surface area contributed by atoms with Gasteiger partial charge in [0.05, 0.1) is 22.6 Å². The summed E-state index contributed by atoms with van der Waals surface area (Å²) in [5.41, 5.74) is 4.49. The van der Waals surface area contributed by atoms with E-state index in [9.17, 15) is 4.79 Å². The van der Waals surface area contributed by atoms with Gasteiger partial charge in [-0.05, 0) is 38.3 Å². The molecule has 2 N–H and O–H groups in total. The number of anilines is 2. The van der Waals surface area contributed by atoms with Crippen LogP contribution in [0.2, 0.25) is 0 Å². The topological polar surface area (TPSA) is 59.0 Å². The lowest BCUT2D eigenvalue weighted by Gasteiger charge is -2.26. The van der Waals surface area contributed by atoms with Gasteiger partial charge in [-0.2, -0.15) is 5.10 Å². The molecule has 110 valence electrons. The van der Waals surface area contributed by atoms with Crippen molar-refractivity contribution < 1.29 is 4.79 Å². The number of aromatic nitrogens is 2. The Morgan fingerprint density at radius 2 is 2.29 bits per heavy atom. The number of hydrogen-bond donors (Lipinski definition) is 2. The number of rotatable bonds is 2. The SMILES string of the molecule is Cc1nn(C)cc1C(=O)Nc1cccc2c1NC(C)CC2. The molecular formula is C16H20N4O. The summed E-state index contributed by atoms with van der Waals surface area (Å²) in [5, 5.41) is 10.7. The summed E-state index contributed by atoms with van der Waals surface area (Å²) >= 11 is 0. The molecule has 1 amide bonds. The third-order valence-corrected chi connectivity index (χ3v) is 3.89. The van der Waals surface area contributed by atoms with Gasteiger partial charge in [0.15, 0.2) is 0 Å². The highest BCUT2D eigenvalue weighted by molar-refractivity contribution is 6.06. The number of benzene rings is 1. The molecule has 0 bridgehead atoms. The van der Waals surface area contributed by atoms with Gasteiger partial charge < -0.3 is 10.6 Å². The maximum Gasteiger partial charge on any atom is 0.259 e. The second kappa shape index (κ2) is 5.24. The molecule has 0 fully saturated rings. The van der Waals surface area contributed by atoms with E-state index in [4.69, 9.17) is 0 Å². The van der Waals surface area contributed by atoms with Crippen LogP contribution in [0.4, 0.5) is 11.4 Å². The second-order valence-corrected chi connectivity index (χ2v) is 5.68. The van der Waals surface area contributed by atoms with Crippen molar-refractivity contribution in [2.45, 2.75) is 32.7 Å². The normalized spacial score (nSPS) is 17.0. The summed E-state index contributed by atoms with van der Waals surface area (Å²) in [7, 11) is 1.82. The third kappa shape index (κ3) is 2.63. The van der Waals surface area contributed by atoms with E-state index in [0.29, 0.717) is 11.6 Å². The van der Waals surface area contributed by atoms with Crippen molar-refractivity contribution in [1.82, 2.24) is 9.78 Å². The highest BCUT2D eigenvalue weighted by atomic mass is 16.1. The van der Waals surface area contributed by atoms with Gasteiger partial charge in [0.2, 0.25) is 0 Å². The predicted molar refractivity (Wildman–Crippen MR) is 83.7 cm³/mol. The van der Waals surface area contributed by atoms with Crippen molar-refractivity contribution in [2.75, 3.05) is 10.6 Å². The Morgan fingerprint density at radius 1 is 1.48 bits per heavy atom. The maximum absolute atomic E-state index is 12.4. The van der Waals surface area contributed by atoms with E-state index < -0.39 is 0 Å². The Kier molecular flexibility index (Phi) is 3.41. The maximum atomic E-state index is 12.4. The molecule has 1 aromatic heterocycles. The van der Waals surface area contributed by atoms with Crippen LogP contribution in [0.3, 0.4) is 0 Å². The Bertz CT molecular complexity index is 690. The van der Waals surface area contributed by atoms with Crippen LogP contribution in [0.5, 0.6) is 0 Å². The molecule has 1 aromatic carbocycles. The first kappa shape index (κ1) is 13.7. The smallest absolute Gasteiger partial charge is 0.259 e. The van der Waals surface area contributed by atoms with E-state index in [0.717, 1.165) is 29.9 Å². The van der Waals surface area contributed by atoms with Crippen LogP contribution in [-0.2, 0) is 13.5 Å². The van der Waals surface area contributed by atoms with Gasteiger partial charge in [0.25, 0.3) is 5.91 Å². The minimum absolute atomic E-state index is 0.117. The fourth-order valence-corrected chi connectivity index (χ4v) is 2.79. The summed E-state index contributed by atoms with van der Waals surface area (Å²) < 4.78 is 1.66. The van der Waals surface area contributed by atoms with Crippen molar-refractivity contribution in [3.8, 4) is 0 Å². The first-order chi connectivity index (χ1) is 10.0. The Labute approximate surface area is 124 Å². The summed E-state index contributed by atoms with van der Waals surface area (Å²) in [6.45, 7) is 4.00. The molecule has 5 nitrogen and oxygen atoms in total. The van der Waals surface area contributed by atoms with Crippen molar-refractivity contribution in [3.63, 3.8) is 0 Å². The van der Waals surface area contributed by atoms with Crippen molar-refractivity contribution in [2.24, 2.45) is 7.05 Å². The van der Waals surface area contributed by atoms with E-state index in [2.05, 4.69) is 28.7 Å². The van der Waals surface area contributed by atoms with E-state index >= 15 is 0 Å². The van der Waals surface area contributed by atoms with Crippen LogP contribution < -0.4 is 10.6 Å². The van der Waals surface area contributed by atoms with E-state index in [1.807, 2.05) is 26.1 Å². The summed E-state index contributed by atoms with van der Waals surface area (Å²) in [4.78, 5) is 12.4. The van der Waals surface area contributed by atoms with Crippen LogP contribution in [0.15, 0.2) is 24.4 Å². The monoisotopic (exact) mass is 284 g/mol. The zero-order valence-electron chi connectivity index (χ0n) is 12.6. The van der Waals surface area contributed by atoms with Crippen molar-refractivity contribution in [1.29, 1.82) is 0 Å². The highest BCUT2D eigenvalue weighted by Crippen LogP contribution is 2.32. The van der Waals surface area contributed by atoms with Gasteiger partial charge in [-0.3, -0.25) is 9.48 Å². The first-order valence-electron chi connectivity index (χ1n) is 7.24. The molecule has 1 atom stereocenters. The molecule has 0 saturated carbocycles. The highest BCUT2D eigenvalue weighted by Gasteiger charge is 2.19. The second-order valence-electron chi connectivity index (χ2n) is 5.68. The molecule has 5 heteroatoms. The van der Waals surface area contributed by atoms with Crippen LogP contribution in [-0.4, -0.2) is 21.7 Å². The molecule has 2 aromatic rings. The Balaban J connectivity index is 1.89. The fraction of sp³-hybridized carbons (Fsp3) is 0.375. The lowest BCUT2D eigenvalue weighted by molar-refractivity contribution is 0.102. The van der Waals surface area contributed by atoms with E-state index in [1.54, 1.807) is 10.9 Å². The van der Waals surface area contributed by atoms with Gasteiger partial charge in [-0.15, -0.1) is 0 Å². The quantitative estimate of drug-likeness (QED) is 0.891. The molecule has 0 radical (unpaired) electrons. The predicted octanol–water partition coefficient (Wildman–Crippen LogP) is 2.73. The number of nitrogens with one attached hydrogen (secondary N) is 2. The van der Waals surface area contributed by atoms with Crippen molar-refractivity contribution in [3.05, 3.63) is 41.2 Å². The number of hydrogen-bond acceptors (Lipinski definition) is 3. The molecule has 0 aliphatic carbocycles. The largest absolute Gasteiger partial charge is 0.381 e. The van der Waals surface area contributed by atoms with E-state index in [-0.39, 0.29) is 5.91 Å². The number of amides is 1. The van der Waals surface area contributed by atoms with Crippen molar-refractivity contribution >= 4 is 17.3 Å². The van der Waals surface area contributed by atoms with Crippen LogP contribution >= 0.6 is 0 Å². The van der Waals surface area contributed by atoms with Crippen LogP contribution in [0.25, 0.3) is 0 Å². The van der Waals surface area contributed by atoms with Gasteiger partial charge in [-0.25, -0.2) is 0 Å². The molecule has 2 heterocycles. The Morgan fingerprint density at radius 3 is 3.00 bits per heavy atom. The molecule has 21 heavy (non-hydrogen) atoms. The average molecular weight is 284 g/mol. The van der Waals surface area contributed by atoms with Gasteiger partial charge in [0.1, 0.15) is 0 Å². The molecule has 0 spiro atoms. The average Bonchev–Trinajstić information content (AvgIpc) is 2.78. The van der Waals surface area contributed by atoms with Crippen LogP contribution in [0.1, 0.15) is 35.0 Å². The molecule has 3 rings (SSSR count). The van der Waals surface area contributed by atoms with Crippen LogP contribution in [0, 0.1) is 6.92 Å². The number of carbonyl (C=O) groups excluding carboxylic acids is 1. The first-order valence-corrected chi connectivity index (χ1v) is 7.24. The summed E-state index contributed by atoms with van der Waals surface area (Å²) in [6.07, 6.45) is 3.90. The number of nitrogens with zero attached hydrogens (tertiary/aromatic N) is 2. The Hall–Kier alpha value is -2.30. The molecule has 0 saturated heterocycles. The van der Waals surface area contributed by atoms with Gasteiger partial charge >= 0.3 is 0 Å². The number of aryl methyl sites for hydroxylation is 3. The van der Waals surface area contributed by atoms with Gasteiger partial charge in [-0.1, -0.05) is 12.1 Å². The minimum atomic E-state index is -0.117. The molecule has 1 aliphatic rings. The summed E-state index contributed by atoms with van der Waals surface area (Å²) in [6, 6.07) is 6.46. The zero-order chi connectivity index (χ0) is 15.0. The molecule has 1 unspecified atom stereocenters. The van der Waals surface area contributed by atoms with E-state index in [1.165, 1.54) is 5.56 Å². The lowest BCUT2D eigenvalue weighted by Crippen LogP contribution is -2.24. The standard InChI is InChI=1S/C16H20N4O/c1-10-7-8-12-5-4-6-14(15(12)17-10)18-16(21)13-9-20(3)19-11(13)2/h4-6,9-10,17H,7-8H2,1-3H3,(H,18,21). The minimum Gasteiger partial charge on any atom is -0.381 e. The zero-order valence-corrected chi connectivity index (χ0v) is 12.6. The molecule has 1 aliphatic heterocycles. The summed E-state index contributed by atoms with van der Waals surface area (Å²) in [5.74, 6) is -0.117. The van der Waals surface area contributed by atoms with Gasteiger partial charge in [0, 0.05) is 19.3 Å². The fourth-order valence-electron chi connectivity index (χ4n) is 2.79. The number of fused-ring (bicyclic) bond motifs is 1. The third-order valence-electron chi connectivity index (χ3n) is 3.89.